The lowest BCUT2D eigenvalue weighted by atomic mass is 10.1. The number of rotatable bonds is 4. The molecule has 1 saturated heterocycles. The van der Waals surface area contributed by atoms with Crippen molar-refractivity contribution in [2.45, 2.75) is 50.0 Å². The minimum atomic E-state index is -3.82. The number of amides is 2. The third-order valence-electron chi connectivity index (χ3n) is 5.85. The fourth-order valence-corrected chi connectivity index (χ4v) is 5.50. The van der Waals surface area contributed by atoms with E-state index >= 15 is 0 Å². The van der Waals surface area contributed by atoms with E-state index in [4.69, 9.17) is 10.5 Å². The molecule has 11 heteroatoms. The first-order valence-corrected chi connectivity index (χ1v) is 12.2. The number of sulfone groups is 1. The Morgan fingerprint density at radius 3 is 2.30 bits per heavy atom. The van der Waals surface area contributed by atoms with Crippen LogP contribution in [0.3, 0.4) is 0 Å². The number of pyridine rings is 1. The number of hydrogen-bond acceptors (Lipinski definition) is 8. The number of carbonyl (C=O) groups excluding carboxylic acids is 2. The molecular weight excluding hydrogens is 448 g/mol. The number of nitrogen functional groups attached to an aromatic ring is 1. The number of hydrogen-bond donors (Lipinski definition) is 2. The first-order valence-electron chi connectivity index (χ1n) is 10.6. The predicted octanol–water partition coefficient (Wildman–Crippen LogP) is 1.10. The van der Waals surface area contributed by atoms with Crippen LogP contribution in [0, 0.1) is 0 Å². The monoisotopic (exact) mass is 474 g/mol. The zero-order valence-corrected chi connectivity index (χ0v) is 19.6. The molecule has 2 aromatic rings. The number of aromatic nitrogens is 1. The molecule has 176 valence electrons. The molecule has 0 radical (unpaired) electrons. The van der Waals surface area contributed by atoms with Gasteiger partial charge in [0.15, 0.2) is 9.84 Å². The van der Waals surface area contributed by atoms with Crippen LogP contribution >= 0.6 is 0 Å². The Labute approximate surface area is 191 Å². The van der Waals surface area contributed by atoms with Gasteiger partial charge in [0.05, 0.1) is 39.2 Å². The molecule has 0 aliphatic carbocycles. The summed E-state index contributed by atoms with van der Waals surface area (Å²) >= 11 is 0. The second-order valence-electron chi connectivity index (χ2n) is 8.68. The molecule has 2 amide bonds. The van der Waals surface area contributed by atoms with Crippen molar-refractivity contribution in [1.82, 2.24) is 9.88 Å². The van der Waals surface area contributed by atoms with Crippen molar-refractivity contribution >= 4 is 33.2 Å². The first-order chi connectivity index (χ1) is 15.4. The number of carbonyl (C=O) groups is 2. The molecule has 0 bridgehead atoms. The molecule has 33 heavy (non-hydrogen) atoms. The predicted molar refractivity (Wildman–Crippen MR) is 123 cm³/mol. The Bertz CT molecular complexity index is 1320. The van der Waals surface area contributed by atoms with Crippen molar-refractivity contribution in [3.63, 3.8) is 0 Å². The van der Waals surface area contributed by atoms with Gasteiger partial charge in [-0.2, -0.15) is 0 Å². The standard InChI is InChI=1S/C22H26N4O6S/c1-11(2)33(30,31)17-6-5-14(25-9-12(3)32-13(4)10-25)7-16(17)26-18(27)8-15-19(20(26)23)22(29)24-21(15)28/h5-8,11-13H,9-10,23H2,1-4H3,(H,24,28,29). The lowest BCUT2D eigenvalue weighted by Gasteiger charge is -2.37. The van der Waals surface area contributed by atoms with Crippen LogP contribution in [0.25, 0.3) is 5.69 Å². The second-order valence-corrected chi connectivity index (χ2v) is 11.2. The molecule has 0 saturated carbocycles. The summed E-state index contributed by atoms with van der Waals surface area (Å²) in [6, 6.07) is 5.73. The summed E-state index contributed by atoms with van der Waals surface area (Å²) in [5.41, 5.74) is 5.93. The normalized spacial score (nSPS) is 20.8. The van der Waals surface area contributed by atoms with E-state index in [1.54, 1.807) is 26.0 Å². The van der Waals surface area contributed by atoms with E-state index in [1.165, 1.54) is 6.07 Å². The van der Waals surface area contributed by atoms with Crippen LogP contribution in [-0.4, -0.2) is 55.3 Å². The SMILES string of the molecule is CC1CN(c2ccc(S(=O)(=O)C(C)C)c(-n3c(N)c4c(cc3=O)C(=O)NC4=O)c2)CC(C)O1. The number of nitrogens with two attached hydrogens (primary N) is 1. The molecule has 10 nitrogen and oxygen atoms in total. The van der Waals surface area contributed by atoms with Crippen LogP contribution in [0.1, 0.15) is 48.4 Å². The molecule has 1 aromatic carbocycles. The van der Waals surface area contributed by atoms with E-state index in [9.17, 15) is 22.8 Å². The Hall–Kier alpha value is -3.18. The van der Waals surface area contributed by atoms with Gasteiger partial charge in [0.2, 0.25) is 0 Å². The number of nitrogens with zero attached hydrogens (tertiary/aromatic N) is 2. The van der Waals surface area contributed by atoms with Crippen LogP contribution in [0.15, 0.2) is 34.0 Å². The molecule has 2 aliphatic rings. The summed E-state index contributed by atoms with van der Waals surface area (Å²) in [5.74, 6) is -1.74. The van der Waals surface area contributed by atoms with E-state index in [1.807, 2.05) is 18.7 Å². The van der Waals surface area contributed by atoms with Crippen molar-refractivity contribution in [3.05, 3.63) is 45.7 Å². The second kappa shape index (κ2) is 7.99. The van der Waals surface area contributed by atoms with E-state index < -0.39 is 32.5 Å². The number of imide groups is 1. The minimum absolute atomic E-state index is 0.0328. The fraction of sp³-hybridized carbons (Fsp3) is 0.409. The van der Waals surface area contributed by atoms with Gasteiger partial charge >= 0.3 is 0 Å². The van der Waals surface area contributed by atoms with E-state index in [0.29, 0.717) is 18.8 Å². The van der Waals surface area contributed by atoms with Gasteiger partial charge in [0, 0.05) is 24.8 Å². The largest absolute Gasteiger partial charge is 0.384 e. The van der Waals surface area contributed by atoms with Gasteiger partial charge in [-0.25, -0.2) is 8.42 Å². The van der Waals surface area contributed by atoms with Crippen molar-refractivity contribution in [2.75, 3.05) is 23.7 Å². The molecule has 0 spiro atoms. The van der Waals surface area contributed by atoms with Gasteiger partial charge in [0.1, 0.15) is 5.82 Å². The van der Waals surface area contributed by atoms with E-state index in [-0.39, 0.29) is 39.7 Å². The van der Waals surface area contributed by atoms with Gasteiger partial charge in [-0.3, -0.25) is 24.3 Å². The summed E-state index contributed by atoms with van der Waals surface area (Å²) < 4.78 is 33.1. The third-order valence-corrected chi connectivity index (χ3v) is 8.05. The van der Waals surface area contributed by atoms with Crippen molar-refractivity contribution in [3.8, 4) is 5.69 Å². The van der Waals surface area contributed by atoms with E-state index in [2.05, 4.69) is 5.32 Å². The molecule has 1 aromatic heterocycles. The van der Waals surface area contributed by atoms with Gasteiger partial charge in [-0.05, 0) is 45.9 Å². The van der Waals surface area contributed by atoms with Crippen molar-refractivity contribution in [2.24, 2.45) is 0 Å². The quantitative estimate of drug-likeness (QED) is 0.628. The molecule has 2 unspecified atom stereocenters. The molecule has 4 rings (SSSR count). The van der Waals surface area contributed by atoms with Crippen LogP contribution in [0.2, 0.25) is 0 Å². The lowest BCUT2D eigenvalue weighted by Crippen LogP contribution is -2.45. The van der Waals surface area contributed by atoms with Gasteiger partial charge in [-0.1, -0.05) is 0 Å². The number of morpholine rings is 1. The summed E-state index contributed by atoms with van der Waals surface area (Å²) in [7, 11) is -3.82. The topological polar surface area (TPSA) is 141 Å². The average Bonchev–Trinajstić information content (AvgIpc) is 3.00. The van der Waals surface area contributed by atoms with Crippen molar-refractivity contribution in [1.29, 1.82) is 0 Å². The van der Waals surface area contributed by atoms with Gasteiger partial charge in [-0.15, -0.1) is 0 Å². The Morgan fingerprint density at radius 2 is 1.70 bits per heavy atom. The Kier molecular flexibility index (Phi) is 5.57. The molecular formula is C22H26N4O6S. The highest BCUT2D eigenvalue weighted by atomic mass is 32.2. The highest BCUT2D eigenvalue weighted by Crippen LogP contribution is 2.32. The fourth-order valence-electron chi connectivity index (χ4n) is 4.29. The van der Waals surface area contributed by atoms with Gasteiger partial charge < -0.3 is 15.4 Å². The number of anilines is 2. The zero-order chi connectivity index (χ0) is 24.2. The maximum absolute atomic E-state index is 13.2. The Balaban J connectivity index is 1.99. The highest BCUT2D eigenvalue weighted by Gasteiger charge is 2.34. The van der Waals surface area contributed by atoms with Crippen LogP contribution < -0.4 is 21.5 Å². The minimum Gasteiger partial charge on any atom is -0.384 e. The average molecular weight is 475 g/mol. The maximum Gasteiger partial charge on any atom is 0.262 e. The maximum atomic E-state index is 13.2. The zero-order valence-electron chi connectivity index (χ0n) is 18.8. The summed E-state index contributed by atoms with van der Waals surface area (Å²) in [5, 5.41) is 1.35. The molecule has 2 aliphatic heterocycles. The third kappa shape index (κ3) is 3.80. The first kappa shape index (κ1) is 23.0. The number of nitrogens with one attached hydrogen (secondary N) is 1. The molecule has 3 N–H and O–H groups in total. The number of ether oxygens (including phenoxy) is 1. The molecule has 1 fully saturated rings. The number of fused-ring (bicyclic) bond motifs is 1. The lowest BCUT2D eigenvalue weighted by molar-refractivity contribution is -0.00522. The van der Waals surface area contributed by atoms with Crippen molar-refractivity contribution < 1.29 is 22.7 Å². The van der Waals surface area contributed by atoms with Crippen LogP contribution in [-0.2, 0) is 14.6 Å². The van der Waals surface area contributed by atoms with E-state index in [0.717, 1.165) is 10.6 Å². The van der Waals surface area contributed by atoms with Crippen LogP contribution in [0.5, 0.6) is 0 Å². The molecule has 2 atom stereocenters. The van der Waals surface area contributed by atoms with Gasteiger partial charge in [0.25, 0.3) is 17.4 Å². The Morgan fingerprint density at radius 1 is 1.06 bits per heavy atom. The number of benzene rings is 1. The molecule has 3 heterocycles. The summed E-state index contributed by atoms with van der Waals surface area (Å²) in [4.78, 5) is 39.3. The van der Waals surface area contributed by atoms with Crippen LogP contribution in [0.4, 0.5) is 11.5 Å². The summed E-state index contributed by atoms with van der Waals surface area (Å²) in [6.07, 6.45) is -0.0856. The smallest absolute Gasteiger partial charge is 0.262 e. The summed E-state index contributed by atoms with van der Waals surface area (Å²) in [6.45, 7) is 8.12. The highest BCUT2D eigenvalue weighted by molar-refractivity contribution is 7.92.